The van der Waals surface area contributed by atoms with Gasteiger partial charge in [-0.2, -0.15) is 4.40 Å². The van der Waals surface area contributed by atoms with Crippen LogP contribution in [0.1, 0.15) is 33.3 Å². The zero-order valence-electron chi connectivity index (χ0n) is 9.82. The molecule has 0 spiro atoms. The molecular weight excluding hydrogens is 288 g/mol. The third-order valence-electron chi connectivity index (χ3n) is 1.87. The Kier molecular flexibility index (Phi) is 4.38. The third kappa shape index (κ3) is 3.79. The summed E-state index contributed by atoms with van der Waals surface area (Å²) < 4.78 is 16.6. The molecule has 5 heteroatoms. The zero-order chi connectivity index (χ0) is 12.3. The third-order valence-corrected chi connectivity index (χ3v) is 3.79. The van der Waals surface area contributed by atoms with Gasteiger partial charge in [-0.3, -0.25) is 4.98 Å². The molecule has 0 aliphatic rings. The Hall–Kier alpha value is -0.550. The molecule has 0 amide bonds. The van der Waals surface area contributed by atoms with Gasteiger partial charge in [0.2, 0.25) is 0 Å². The van der Waals surface area contributed by atoms with Crippen LogP contribution in [-0.4, -0.2) is 19.7 Å². The van der Waals surface area contributed by atoms with E-state index in [1.54, 1.807) is 12.4 Å². The van der Waals surface area contributed by atoms with E-state index in [2.05, 4.69) is 25.3 Å². The van der Waals surface area contributed by atoms with E-state index < -0.39 is 11.0 Å². The number of pyridine rings is 1. The van der Waals surface area contributed by atoms with Crippen LogP contribution in [0.15, 0.2) is 27.3 Å². The molecule has 0 unspecified atom stereocenters. The van der Waals surface area contributed by atoms with Crippen molar-refractivity contribution in [2.24, 2.45) is 4.40 Å². The van der Waals surface area contributed by atoms with Gasteiger partial charge in [0.25, 0.3) is 0 Å². The van der Waals surface area contributed by atoms with E-state index in [9.17, 15) is 4.21 Å². The second-order valence-electron chi connectivity index (χ2n) is 4.43. The lowest BCUT2D eigenvalue weighted by Gasteiger charge is -2.14. The smallest absolute Gasteiger partial charge is 0.145 e. The Morgan fingerprint density at radius 1 is 1.44 bits per heavy atom. The van der Waals surface area contributed by atoms with E-state index in [0.717, 1.165) is 15.7 Å². The number of hydrogen-bond acceptors (Lipinski definition) is 2. The van der Waals surface area contributed by atoms with Gasteiger partial charge in [-0.1, -0.05) is 0 Å². The van der Waals surface area contributed by atoms with Gasteiger partial charge in [0.15, 0.2) is 0 Å². The first-order valence-corrected chi connectivity index (χ1v) is 6.79. The minimum absolute atomic E-state index is 0.333. The second-order valence-corrected chi connectivity index (χ2v) is 7.25. The fourth-order valence-electron chi connectivity index (χ4n) is 0.924. The summed E-state index contributed by atoms with van der Waals surface area (Å²) in [5.74, 6) is 0. The number of hydrogen-bond donors (Lipinski definition) is 0. The Balaban J connectivity index is 2.99. The van der Waals surface area contributed by atoms with Gasteiger partial charge in [-0.15, -0.1) is 0 Å². The molecule has 0 saturated heterocycles. The highest BCUT2D eigenvalue weighted by atomic mass is 79.9. The van der Waals surface area contributed by atoms with Gasteiger partial charge >= 0.3 is 0 Å². The topological polar surface area (TPSA) is 42.3 Å². The van der Waals surface area contributed by atoms with Gasteiger partial charge in [0.05, 0.1) is 10.5 Å². The molecule has 0 bridgehead atoms. The Morgan fingerprint density at radius 2 is 2.06 bits per heavy atom. The molecule has 1 aromatic rings. The van der Waals surface area contributed by atoms with E-state index >= 15 is 0 Å². The highest BCUT2D eigenvalue weighted by molar-refractivity contribution is 9.10. The van der Waals surface area contributed by atoms with E-state index in [0.29, 0.717) is 0 Å². The lowest BCUT2D eigenvalue weighted by atomic mass is 10.2. The normalized spacial score (nSPS) is 14.9. The highest BCUT2D eigenvalue weighted by Crippen LogP contribution is 2.15. The zero-order valence-corrected chi connectivity index (χ0v) is 12.2. The van der Waals surface area contributed by atoms with Crippen LogP contribution in [0.4, 0.5) is 0 Å². The van der Waals surface area contributed by atoms with Crippen molar-refractivity contribution in [1.82, 2.24) is 4.98 Å². The van der Waals surface area contributed by atoms with Crippen LogP contribution < -0.4 is 0 Å². The van der Waals surface area contributed by atoms with Crippen molar-refractivity contribution >= 4 is 32.6 Å². The molecule has 0 aromatic carbocycles. The maximum atomic E-state index is 11.8. The van der Waals surface area contributed by atoms with Crippen molar-refractivity contribution in [2.45, 2.75) is 32.4 Å². The summed E-state index contributed by atoms with van der Waals surface area (Å²) in [6.45, 7) is 7.55. The lowest BCUT2D eigenvalue weighted by molar-refractivity contribution is 0.650. The van der Waals surface area contributed by atoms with Crippen LogP contribution in [0, 0.1) is 0 Å². The number of rotatable bonds is 2. The van der Waals surface area contributed by atoms with Crippen molar-refractivity contribution in [3.05, 3.63) is 28.5 Å². The average Bonchev–Trinajstić information content (AvgIpc) is 2.16. The van der Waals surface area contributed by atoms with E-state index in [-0.39, 0.29) is 4.75 Å². The Labute approximate surface area is 107 Å². The fourth-order valence-corrected chi connectivity index (χ4v) is 1.92. The Bertz CT molecular complexity index is 438. The summed E-state index contributed by atoms with van der Waals surface area (Å²) in [5.41, 5.74) is 1.62. The molecule has 0 fully saturated rings. The van der Waals surface area contributed by atoms with Crippen LogP contribution in [0.2, 0.25) is 0 Å². The molecule has 0 N–H and O–H groups in total. The lowest BCUT2D eigenvalue weighted by Crippen LogP contribution is -2.20. The molecule has 1 heterocycles. The molecule has 88 valence electrons. The summed E-state index contributed by atoms with van der Waals surface area (Å²) >= 11 is 3.34. The minimum atomic E-state index is -1.23. The van der Waals surface area contributed by atoms with Crippen molar-refractivity contribution in [3.8, 4) is 0 Å². The minimum Gasteiger partial charge on any atom is -0.263 e. The quantitative estimate of drug-likeness (QED) is 0.788. The molecule has 0 radical (unpaired) electrons. The predicted octanol–water partition coefficient (Wildman–Crippen LogP) is 3.12. The fraction of sp³-hybridized carbons (Fsp3) is 0.455. The first kappa shape index (κ1) is 13.5. The van der Waals surface area contributed by atoms with E-state index in [1.165, 1.54) is 0 Å². The monoisotopic (exact) mass is 302 g/mol. The van der Waals surface area contributed by atoms with Crippen LogP contribution in [0.25, 0.3) is 0 Å². The summed E-state index contributed by atoms with van der Waals surface area (Å²) in [5, 5.41) is 0. The number of aromatic nitrogens is 1. The van der Waals surface area contributed by atoms with Crippen LogP contribution in [0.3, 0.4) is 0 Å². The van der Waals surface area contributed by atoms with Gasteiger partial charge in [-0.25, -0.2) is 4.21 Å². The summed E-state index contributed by atoms with van der Waals surface area (Å²) in [6, 6.07) is 1.91. The molecule has 0 saturated carbocycles. The van der Waals surface area contributed by atoms with Crippen LogP contribution in [0.5, 0.6) is 0 Å². The molecule has 0 aliphatic carbocycles. The van der Waals surface area contributed by atoms with Crippen LogP contribution >= 0.6 is 15.9 Å². The maximum Gasteiger partial charge on any atom is 0.145 e. The molecule has 1 atom stereocenters. The second kappa shape index (κ2) is 5.19. The van der Waals surface area contributed by atoms with Crippen molar-refractivity contribution in [3.63, 3.8) is 0 Å². The van der Waals surface area contributed by atoms with Crippen molar-refractivity contribution < 1.29 is 4.21 Å². The van der Waals surface area contributed by atoms with Crippen molar-refractivity contribution in [1.29, 1.82) is 0 Å². The summed E-state index contributed by atoms with van der Waals surface area (Å²) in [7, 11) is -1.23. The molecular formula is C11H15BrN2OS. The Morgan fingerprint density at radius 3 is 2.56 bits per heavy atom. The first-order valence-electron chi connectivity index (χ1n) is 4.89. The van der Waals surface area contributed by atoms with E-state index in [4.69, 9.17) is 0 Å². The molecule has 16 heavy (non-hydrogen) atoms. The SMILES string of the molecule is CC(=N[S@](=O)C(C)(C)C)c1cncc(Br)c1. The molecule has 0 aliphatic heterocycles. The molecule has 1 rings (SSSR count). The first-order chi connectivity index (χ1) is 7.30. The highest BCUT2D eigenvalue weighted by Gasteiger charge is 2.19. The standard InChI is InChI=1S/C11H15BrN2OS/c1-8(14-16(15)11(2,3)4)9-5-10(12)7-13-6-9/h5-7H,1-4H3/t16-/m1/s1. The van der Waals surface area contributed by atoms with Gasteiger partial charge in [-0.05, 0) is 49.7 Å². The van der Waals surface area contributed by atoms with E-state index in [1.807, 2.05) is 33.8 Å². The largest absolute Gasteiger partial charge is 0.263 e. The predicted molar refractivity (Wildman–Crippen MR) is 72.0 cm³/mol. The van der Waals surface area contributed by atoms with Gasteiger partial charge < -0.3 is 0 Å². The number of halogens is 1. The van der Waals surface area contributed by atoms with Crippen molar-refractivity contribution in [2.75, 3.05) is 0 Å². The molecule has 1 aromatic heterocycles. The molecule has 3 nitrogen and oxygen atoms in total. The average molecular weight is 303 g/mol. The maximum absolute atomic E-state index is 11.8. The summed E-state index contributed by atoms with van der Waals surface area (Å²) in [6.07, 6.45) is 3.42. The van der Waals surface area contributed by atoms with Gasteiger partial charge in [0, 0.05) is 22.4 Å². The van der Waals surface area contributed by atoms with Crippen LogP contribution in [-0.2, 0) is 11.0 Å². The van der Waals surface area contributed by atoms with Gasteiger partial charge in [0.1, 0.15) is 11.0 Å². The number of nitrogens with zero attached hydrogens (tertiary/aromatic N) is 2. The summed E-state index contributed by atoms with van der Waals surface area (Å²) in [4.78, 5) is 4.05.